The SMILES string of the molecule is CC(C)C1CCCCC1(N)C(F)F. The van der Waals surface area contributed by atoms with Crippen molar-refractivity contribution in [2.24, 2.45) is 17.6 Å². The van der Waals surface area contributed by atoms with Crippen LogP contribution in [0.1, 0.15) is 39.5 Å². The topological polar surface area (TPSA) is 26.0 Å². The zero-order valence-corrected chi connectivity index (χ0v) is 8.39. The molecule has 2 unspecified atom stereocenters. The molecular formula is C10H19F2N. The zero-order valence-electron chi connectivity index (χ0n) is 8.39. The van der Waals surface area contributed by atoms with E-state index in [0.29, 0.717) is 6.42 Å². The van der Waals surface area contributed by atoms with Gasteiger partial charge in [0.05, 0.1) is 5.54 Å². The van der Waals surface area contributed by atoms with Crippen LogP contribution in [0.4, 0.5) is 8.78 Å². The summed E-state index contributed by atoms with van der Waals surface area (Å²) in [4.78, 5) is 0. The zero-order chi connectivity index (χ0) is 10.1. The van der Waals surface area contributed by atoms with Gasteiger partial charge in [0.1, 0.15) is 0 Å². The van der Waals surface area contributed by atoms with Gasteiger partial charge in [-0.15, -0.1) is 0 Å². The molecule has 13 heavy (non-hydrogen) atoms. The van der Waals surface area contributed by atoms with Crippen LogP contribution in [-0.2, 0) is 0 Å². The molecule has 0 aromatic carbocycles. The van der Waals surface area contributed by atoms with Crippen molar-refractivity contribution in [2.75, 3.05) is 0 Å². The molecule has 0 amide bonds. The van der Waals surface area contributed by atoms with E-state index < -0.39 is 12.0 Å². The third kappa shape index (κ3) is 2.01. The van der Waals surface area contributed by atoms with Gasteiger partial charge in [-0.3, -0.25) is 0 Å². The molecule has 1 aliphatic carbocycles. The Morgan fingerprint density at radius 3 is 2.31 bits per heavy atom. The quantitative estimate of drug-likeness (QED) is 0.713. The molecule has 1 aliphatic rings. The van der Waals surface area contributed by atoms with E-state index in [1.165, 1.54) is 0 Å². The van der Waals surface area contributed by atoms with Gasteiger partial charge >= 0.3 is 0 Å². The predicted octanol–water partition coefficient (Wildman–Crippen LogP) is 2.80. The first-order valence-corrected chi connectivity index (χ1v) is 5.05. The summed E-state index contributed by atoms with van der Waals surface area (Å²) < 4.78 is 25.6. The van der Waals surface area contributed by atoms with Crippen LogP contribution < -0.4 is 5.73 Å². The molecule has 0 bridgehead atoms. The standard InChI is InChI=1S/C10H19F2N/c1-7(2)8-5-3-4-6-10(8,13)9(11)12/h7-9H,3-6,13H2,1-2H3. The van der Waals surface area contributed by atoms with Crippen molar-refractivity contribution >= 4 is 0 Å². The Bertz CT molecular complexity index is 170. The van der Waals surface area contributed by atoms with Gasteiger partial charge in [0.2, 0.25) is 0 Å². The summed E-state index contributed by atoms with van der Waals surface area (Å²) in [7, 11) is 0. The van der Waals surface area contributed by atoms with Gasteiger partial charge in [-0.1, -0.05) is 26.7 Å². The molecule has 1 saturated carbocycles. The van der Waals surface area contributed by atoms with Crippen molar-refractivity contribution in [3.63, 3.8) is 0 Å². The van der Waals surface area contributed by atoms with Crippen LogP contribution in [0.2, 0.25) is 0 Å². The minimum atomic E-state index is -2.37. The maximum absolute atomic E-state index is 12.8. The van der Waals surface area contributed by atoms with Crippen LogP contribution in [-0.4, -0.2) is 12.0 Å². The van der Waals surface area contributed by atoms with E-state index in [1.54, 1.807) is 0 Å². The van der Waals surface area contributed by atoms with E-state index in [0.717, 1.165) is 19.3 Å². The maximum Gasteiger partial charge on any atom is 0.256 e. The predicted molar refractivity (Wildman–Crippen MR) is 49.7 cm³/mol. The average molecular weight is 191 g/mol. The Hall–Kier alpha value is -0.180. The average Bonchev–Trinajstić information content (AvgIpc) is 2.04. The fourth-order valence-corrected chi connectivity index (χ4v) is 2.47. The van der Waals surface area contributed by atoms with Gasteiger partial charge in [-0.2, -0.15) is 0 Å². The summed E-state index contributed by atoms with van der Waals surface area (Å²) in [6.07, 6.45) is 0.866. The minimum absolute atomic E-state index is 0.0127. The lowest BCUT2D eigenvalue weighted by molar-refractivity contribution is -0.0194. The highest BCUT2D eigenvalue weighted by atomic mass is 19.3. The fourth-order valence-electron chi connectivity index (χ4n) is 2.47. The van der Waals surface area contributed by atoms with E-state index >= 15 is 0 Å². The van der Waals surface area contributed by atoms with Crippen molar-refractivity contribution in [3.8, 4) is 0 Å². The third-order valence-electron chi connectivity index (χ3n) is 3.28. The van der Waals surface area contributed by atoms with Gasteiger partial charge in [-0.25, -0.2) is 8.78 Å². The second kappa shape index (κ2) is 3.91. The van der Waals surface area contributed by atoms with Crippen LogP contribution in [0.5, 0.6) is 0 Å². The molecule has 1 fully saturated rings. The highest BCUT2D eigenvalue weighted by molar-refractivity contribution is 4.97. The Kier molecular flexibility index (Phi) is 3.28. The molecule has 0 spiro atoms. The number of alkyl halides is 2. The number of hydrogen-bond donors (Lipinski definition) is 1. The van der Waals surface area contributed by atoms with Gasteiger partial charge in [-0.05, 0) is 24.7 Å². The second-order valence-corrected chi connectivity index (χ2v) is 4.51. The smallest absolute Gasteiger partial charge is 0.256 e. The molecule has 0 radical (unpaired) electrons. The summed E-state index contributed by atoms with van der Waals surface area (Å²) in [5, 5.41) is 0. The van der Waals surface area contributed by atoms with Crippen LogP contribution in [0.3, 0.4) is 0 Å². The first-order valence-electron chi connectivity index (χ1n) is 5.05. The van der Waals surface area contributed by atoms with Crippen LogP contribution in [0.25, 0.3) is 0 Å². The van der Waals surface area contributed by atoms with E-state index in [1.807, 2.05) is 13.8 Å². The fraction of sp³-hybridized carbons (Fsp3) is 1.00. The van der Waals surface area contributed by atoms with Crippen molar-refractivity contribution in [1.82, 2.24) is 0 Å². The van der Waals surface area contributed by atoms with Crippen molar-refractivity contribution in [1.29, 1.82) is 0 Å². The Balaban J connectivity index is 2.77. The normalized spacial score (nSPS) is 35.8. The van der Waals surface area contributed by atoms with Gasteiger partial charge in [0, 0.05) is 0 Å². The van der Waals surface area contributed by atoms with Crippen molar-refractivity contribution in [3.05, 3.63) is 0 Å². The van der Waals surface area contributed by atoms with Gasteiger partial charge < -0.3 is 5.73 Å². The van der Waals surface area contributed by atoms with Crippen molar-refractivity contribution in [2.45, 2.75) is 51.5 Å². The molecule has 1 rings (SSSR count). The molecule has 2 atom stereocenters. The Labute approximate surface area is 78.7 Å². The monoisotopic (exact) mass is 191 g/mol. The highest BCUT2D eigenvalue weighted by Gasteiger charge is 2.45. The molecule has 2 N–H and O–H groups in total. The number of hydrogen-bond acceptors (Lipinski definition) is 1. The lowest BCUT2D eigenvalue weighted by Gasteiger charge is -2.42. The first kappa shape index (κ1) is 10.9. The van der Waals surface area contributed by atoms with Crippen LogP contribution >= 0.6 is 0 Å². The minimum Gasteiger partial charge on any atom is -0.320 e. The van der Waals surface area contributed by atoms with Crippen LogP contribution in [0.15, 0.2) is 0 Å². The molecular weight excluding hydrogens is 172 g/mol. The molecule has 78 valence electrons. The van der Waals surface area contributed by atoms with E-state index in [9.17, 15) is 8.78 Å². The van der Waals surface area contributed by atoms with Crippen molar-refractivity contribution < 1.29 is 8.78 Å². The number of nitrogens with two attached hydrogens (primary N) is 1. The van der Waals surface area contributed by atoms with Crippen LogP contribution in [0, 0.1) is 11.8 Å². The third-order valence-corrected chi connectivity index (χ3v) is 3.28. The molecule has 1 nitrogen and oxygen atoms in total. The number of halogens is 2. The lowest BCUT2D eigenvalue weighted by Crippen LogP contribution is -2.56. The maximum atomic E-state index is 12.8. The second-order valence-electron chi connectivity index (χ2n) is 4.51. The first-order chi connectivity index (χ1) is 5.98. The molecule has 0 heterocycles. The molecule has 0 aromatic heterocycles. The summed E-state index contributed by atoms with van der Waals surface area (Å²) >= 11 is 0. The number of rotatable bonds is 2. The summed E-state index contributed by atoms with van der Waals surface area (Å²) in [6, 6.07) is 0. The van der Waals surface area contributed by atoms with Gasteiger partial charge in [0.25, 0.3) is 6.43 Å². The molecule has 0 aromatic rings. The largest absolute Gasteiger partial charge is 0.320 e. The highest BCUT2D eigenvalue weighted by Crippen LogP contribution is 2.40. The van der Waals surface area contributed by atoms with E-state index in [-0.39, 0.29) is 11.8 Å². The van der Waals surface area contributed by atoms with Gasteiger partial charge in [0.15, 0.2) is 0 Å². The molecule has 3 heteroatoms. The molecule has 0 aliphatic heterocycles. The Morgan fingerprint density at radius 1 is 1.31 bits per heavy atom. The van der Waals surface area contributed by atoms with E-state index in [4.69, 9.17) is 5.73 Å². The molecule has 0 saturated heterocycles. The summed E-state index contributed by atoms with van der Waals surface area (Å²) in [6.45, 7) is 3.97. The summed E-state index contributed by atoms with van der Waals surface area (Å²) in [5.74, 6) is 0.251. The van der Waals surface area contributed by atoms with E-state index in [2.05, 4.69) is 0 Å². The summed E-state index contributed by atoms with van der Waals surface area (Å²) in [5.41, 5.74) is 4.58. The lowest BCUT2D eigenvalue weighted by atomic mass is 9.68. The Morgan fingerprint density at radius 2 is 1.92 bits per heavy atom.